The highest BCUT2D eigenvalue weighted by atomic mass is 32.1. The maximum absolute atomic E-state index is 4.53. The van der Waals surface area contributed by atoms with Gasteiger partial charge in [-0.2, -0.15) is 4.37 Å². The zero-order valence-corrected chi connectivity index (χ0v) is 13.9. The molecule has 0 bridgehead atoms. The smallest absolute Gasteiger partial charge is 0.202 e. The molecule has 1 N–H and O–H groups in total. The number of anilines is 1. The fourth-order valence-corrected chi connectivity index (χ4v) is 2.88. The normalized spacial score (nSPS) is 12.0. The van der Waals surface area contributed by atoms with Crippen LogP contribution in [-0.4, -0.2) is 30.5 Å². The maximum atomic E-state index is 4.53. The lowest BCUT2D eigenvalue weighted by atomic mass is 9.96. The largest absolute Gasteiger partial charge is 0.360 e. The van der Waals surface area contributed by atoms with Gasteiger partial charge in [0.1, 0.15) is 11.6 Å². The van der Waals surface area contributed by atoms with Gasteiger partial charge in [0.05, 0.1) is 0 Å². The summed E-state index contributed by atoms with van der Waals surface area (Å²) in [5.74, 6) is 1.88. The van der Waals surface area contributed by atoms with Crippen LogP contribution in [0.25, 0.3) is 5.65 Å². The Kier molecular flexibility index (Phi) is 4.06. The zero-order chi connectivity index (χ0) is 15.6. The lowest BCUT2D eigenvalue weighted by molar-refractivity contribution is 0.555. The van der Waals surface area contributed by atoms with Gasteiger partial charge < -0.3 is 5.32 Å². The summed E-state index contributed by atoms with van der Waals surface area (Å²) in [5.41, 5.74) is 0.890. The van der Waals surface area contributed by atoms with Crippen LogP contribution in [0.2, 0.25) is 0 Å². The molecule has 0 aliphatic carbocycles. The lowest BCUT2D eigenvalue weighted by Gasteiger charge is -2.12. The molecule has 0 aliphatic rings. The van der Waals surface area contributed by atoms with Crippen LogP contribution in [0.15, 0.2) is 24.4 Å². The van der Waals surface area contributed by atoms with Gasteiger partial charge in [0.2, 0.25) is 5.13 Å². The minimum absolute atomic E-state index is 0.00311. The topological polar surface area (TPSA) is 68.0 Å². The summed E-state index contributed by atoms with van der Waals surface area (Å²) in [6.45, 7) is 7.21. The van der Waals surface area contributed by atoms with E-state index in [0.29, 0.717) is 0 Å². The number of hydrogen-bond acceptors (Lipinski definition) is 6. The average Bonchev–Trinajstić information content (AvgIpc) is 3.10. The van der Waals surface area contributed by atoms with E-state index in [2.05, 4.69) is 45.6 Å². The molecule has 6 nitrogen and oxygen atoms in total. The average molecular weight is 316 g/mol. The zero-order valence-electron chi connectivity index (χ0n) is 13.1. The van der Waals surface area contributed by atoms with E-state index in [0.717, 1.165) is 41.8 Å². The number of hydrogen-bond donors (Lipinski definition) is 1. The van der Waals surface area contributed by atoms with Crippen LogP contribution in [0.5, 0.6) is 0 Å². The summed E-state index contributed by atoms with van der Waals surface area (Å²) in [6, 6.07) is 5.93. The number of rotatable bonds is 5. The van der Waals surface area contributed by atoms with E-state index >= 15 is 0 Å². The molecular formula is C15H20N6S. The summed E-state index contributed by atoms with van der Waals surface area (Å²) in [4.78, 5) is 4.53. The van der Waals surface area contributed by atoms with Crippen molar-refractivity contribution < 1.29 is 0 Å². The number of aromatic nitrogens is 5. The van der Waals surface area contributed by atoms with E-state index in [1.54, 1.807) is 0 Å². The van der Waals surface area contributed by atoms with Crippen molar-refractivity contribution in [3.05, 3.63) is 36.0 Å². The Morgan fingerprint density at radius 2 is 2.09 bits per heavy atom. The fourth-order valence-electron chi connectivity index (χ4n) is 2.10. The Labute approximate surface area is 133 Å². The number of fused-ring (bicyclic) bond motifs is 1. The summed E-state index contributed by atoms with van der Waals surface area (Å²) in [6.07, 6.45) is 3.85. The summed E-state index contributed by atoms with van der Waals surface area (Å²) >= 11 is 1.42. The Morgan fingerprint density at radius 3 is 2.86 bits per heavy atom. The van der Waals surface area contributed by atoms with Gasteiger partial charge in [-0.05, 0) is 18.6 Å². The molecule has 0 amide bonds. The van der Waals surface area contributed by atoms with Gasteiger partial charge in [0.15, 0.2) is 5.65 Å². The van der Waals surface area contributed by atoms with Crippen molar-refractivity contribution in [2.45, 2.75) is 39.0 Å². The summed E-state index contributed by atoms with van der Waals surface area (Å²) in [7, 11) is 0. The van der Waals surface area contributed by atoms with Gasteiger partial charge in [0.25, 0.3) is 0 Å². The molecule has 7 heteroatoms. The standard InChI is InChI=1S/C15H20N6S/c1-15(2,3)13-17-14(22-20-13)16-9-6-8-12-19-18-11-7-4-5-10-21(11)12/h4-5,7,10H,6,8-9H2,1-3H3,(H,16,17,20). The van der Waals surface area contributed by atoms with E-state index < -0.39 is 0 Å². The first-order valence-corrected chi connectivity index (χ1v) is 8.18. The van der Waals surface area contributed by atoms with Crippen LogP contribution in [0.3, 0.4) is 0 Å². The van der Waals surface area contributed by atoms with Crippen LogP contribution in [0, 0.1) is 0 Å². The van der Waals surface area contributed by atoms with E-state index in [9.17, 15) is 0 Å². The predicted octanol–water partition coefficient (Wildman–Crippen LogP) is 2.92. The quantitative estimate of drug-likeness (QED) is 0.733. The molecule has 0 saturated heterocycles. The second-order valence-electron chi connectivity index (χ2n) is 6.25. The van der Waals surface area contributed by atoms with Crippen molar-refractivity contribution in [2.75, 3.05) is 11.9 Å². The van der Waals surface area contributed by atoms with Gasteiger partial charge >= 0.3 is 0 Å². The Balaban J connectivity index is 1.52. The van der Waals surface area contributed by atoms with Crippen LogP contribution < -0.4 is 5.32 Å². The highest BCUT2D eigenvalue weighted by Crippen LogP contribution is 2.22. The molecule has 22 heavy (non-hydrogen) atoms. The van der Waals surface area contributed by atoms with Crippen molar-refractivity contribution in [1.82, 2.24) is 24.0 Å². The molecule has 0 unspecified atom stereocenters. The molecule has 3 aromatic rings. The van der Waals surface area contributed by atoms with Gasteiger partial charge in [-0.3, -0.25) is 4.40 Å². The second kappa shape index (κ2) is 6.00. The van der Waals surface area contributed by atoms with Crippen LogP contribution >= 0.6 is 11.5 Å². The Hall–Kier alpha value is -2.02. The third-order valence-corrected chi connectivity index (χ3v) is 4.01. The van der Waals surface area contributed by atoms with Crippen molar-refractivity contribution in [2.24, 2.45) is 0 Å². The molecule has 116 valence electrons. The lowest BCUT2D eigenvalue weighted by Crippen LogP contribution is -2.13. The molecule has 3 aromatic heterocycles. The molecule has 0 atom stereocenters. The molecule has 0 saturated carbocycles. The van der Waals surface area contributed by atoms with E-state index in [-0.39, 0.29) is 5.41 Å². The first-order valence-electron chi connectivity index (χ1n) is 7.41. The SMILES string of the molecule is CC(C)(C)c1nsc(NCCCc2nnc3ccccn23)n1. The van der Waals surface area contributed by atoms with E-state index in [1.807, 2.05) is 28.8 Å². The number of nitrogens with one attached hydrogen (secondary N) is 1. The molecule has 0 spiro atoms. The number of aryl methyl sites for hydroxylation is 1. The van der Waals surface area contributed by atoms with Crippen molar-refractivity contribution in [1.29, 1.82) is 0 Å². The molecule has 0 aliphatic heterocycles. The predicted molar refractivity (Wildman–Crippen MR) is 88.4 cm³/mol. The minimum Gasteiger partial charge on any atom is -0.360 e. The van der Waals surface area contributed by atoms with Crippen molar-refractivity contribution in [3.8, 4) is 0 Å². The van der Waals surface area contributed by atoms with Crippen LogP contribution in [0.1, 0.15) is 38.8 Å². The summed E-state index contributed by atoms with van der Waals surface area (Å²) in [5, 5.41) is 12.6. The molecule has 0 fully saturated rings. The fraction of sp³-hybridized carbons (Fsp3) is 0.467. The summed E-state index contributed by atoms with van der Waals surface area (Å²) < 4.78 is 6.43. The Morgan fingerprint density at radius 1 is 1.23 bits per heavy atom. The first kappa shape index (κ1) is 14.9. The number of pyridine rings is 1. The maximum Gasteiger partial charge on any atom is 0.202 e. The number of nitrogens with zero attached hydrogens (tertiary/aromatic N) is 5. The van der Waals surface area contributed by atoms with E-state index in [1.165, 1.54) is 11.5 Å². The second-order valence-corrected chi connectivity index (χ2v) is 7.00. The Bertz CT molecular complexity index is 755. The first-order chi connectivity index (χ1) is 10.5. The third-order valence-electron chi connectivity index (χ3n) is 3.33. The highest BCUT2D eigenvalue weighted by molar-refractivity contribution is 7.09. The molecule has 3 rings (SSSR count). The van der Waals surface area contributed by atoms with Gasteiger partial charge in [0, 0.05) is 36.1 Å². The molecule has 0 aromatic carbocycles. The highest BCUT2D eigenvalue weighted by Gasteiger charge is 2.19. The van der Waals surface area contributed by atoms with Gasteiger partial charge in [-0.1, -0.05) is 26.8 Å². The monoisotopic (exact) mass is 316 g/mol. The van der Waals surface area contributed by atoms with Crippen LogP contribution in [0.4, 0.5) is 5.13 Å². The van der Waals surface area contributed by atoms with Crippen molar-refractivity contribution >= 4 is 22.3 Å². The molecule has 0 radical (unpaired) electrons. The minimum atomic E-state index is -0.00311. The van der Waals surface area contributed by atoms with Gasteiger partial charge in [-0.25, -0.2) is 4.98 Å². The third kappa shape index (κ3) is 3.24. The van der Waals surface area contributed by atoms with Crippen molar-refractivity contribution in [3.63, 3.8) is 0 Å². The molecular weight excluding hydrogens is 296 g/mol. The van der Waals surface area contributed by atoms with Crippen LogP contribution in [-0.2, 0) is 11.8 Å². The molecule has 3 heterocycles. The van der Waals surface area contributed by atoms with Gasteiger partial charge in [-0.15, -0.1) is 10.2 Å². The van der Waals surface area contributed by atoms with E-state index in [4.69, 9.17) is 0 Å².